The van der Waals surface area contributed by atoms with Crippen LogP contribution in [0.25, 0.3) is 6.08 Å². The van der Waals surface area contributed by atoms with Crippen molar-refractivity contribution in [3.63, 3.8) is 0 Å². The van der Waals surface area contributed by atoms with Crippen molar-refractivity contribution >= 4 is 18.0 Å². The molecule has 0 unspecified atom stereocenters. The van der Waals surface area contributed by atoms with E-state index in [9.17, 15) is 50.4 Å². The Morgan fingerprint density at radius 1 is 0.900 bits per heavy atom. The van der Waals surface area contributed by atoms with Gasteiger partial charge in [0.15, 0.2) is 17.8 Å². The predicted octanol–water partition coefficient (Wildman–Crippen LogP) is 1.20. The largest absolute Gasteiger partial charge is 0.504 e. The molecule has 0 saturated carbocycles. The number of hydrogen-bond acceptors (Lipinski definition) is 15. The summed E-state index contributed by atoms with van der Waals surface area (Å²) in [6.07, 6.45) is 2.14. The van der Waals surface area contributed by atoms with E-state index < -0.39 is 92.3 Å². The highest BCUT2D eigenvalue weighted by Crippen LogP contribution is 2.36. The molecule has 2 saturated heterocycles. The molecule has 0 aromatic heterocycles. The summed E-state index contributed by atoms with van der Waals surface area (Å²) in [7, 11) is 0. The fourth-order valence-corrected chi connectivity index (χ4v) is 5.73. The third-order valence-corrected chi connectivity index (χ3v) is 8.66. The Balaban J connectivity index is 1.61. The lowest BCUT2D eigenvalue weighted by atomic mass is 9.98. The molecular formula is C35H52O15. The van der Waals surface area contributed by atoms with Gasteiger partial charge in [0.25, 0.3) is 0 Å². The molecule has 0 bridgehead atoms. The molecular weight excluding hydrogens is 660 g/mol. The van der Waals surface area contributed by atoms with E-state index >= 15 is 0 Å². The molecule has 1 aromatic carbocycles. The van der Waals surface area contributed by atoms with E-state index in [2.05, 4.69) is 6.92 Å². The number of benzene rings is 1. The van der Waals surface area contributed by atoms with Crippen LogP contribution < -0.4 is 4.74 Å². The minimum atomic E-state index is -2.38. The summed E-state index contributed by atoms with van der Waals surface area (Å²) in [5, 5.41) is 81.9. The van der Waals surface area contributed by atoms with Crippen LogP contribution >= 0.6 is 0 Å². The van der Waals surface area contributed by atoms with Crippen molar-refractivity contribution in [3.05, 3.63) is 41.5 Å². The molecule has 0 aliphatic carbocycles. The van der Waals surface area contributed by atoms with Crippen LogP contribution in [0.5, 0.6) is 11.5 Å². The number of aliphatic hydroxyl groups is 7. The second kappa shape index (κ2) is 20.2. The van der Waals surface area contributed by atoms with Crippen molar-refractivity contribution in [2.45, 2.75) is 126 Å². The molecule has 3 rings (SSSR count). The van der Waals surface area contributed by atoms with Gasteiger partial charge in [0.1, 0.15) is 55.9 Å². The molecule has 2 heterocycles. The van der Waals surface area contributed by atoms with Gasteiger partial charge in [-0.25, -0.2) is 9.59 Å². The number of aromatic hydroxyl groups is 1. The highest BCUT2D eigenvalue weighted by molar-refractivity contribution is 5.95. The van der Waals surface area contributed by atoms with E-state index in [-0.39, 0.29) is 16.9 Å². The Hall–Kier alpha value is -2.96. The molecule has 1 aromatic rings. The van der Waals surface area contributed by atoms with Gasteiger partial charge in [-0.1, -0.05) is 70.1 Å². The Kier molecular flexibility index (Phi) is 16.7. The number of carbonyl (C=O) groups excluding carboxylic acids is 2. The van der Waals surface area contributed by atoms with Crippen molar-refractivity contribution in [2.24, 2.45) is 0 Å². The number of rotatable bonds is 19. The van der Waals surface area contributed by atoms with Gasteiger partial charge in [0.2, 0.25) is 5.79 Å². The highest BCUT2D eigenvalue weighted by Gasteiger charge is 2.58. The van der Waals surface area contributed by atoms with Crippen LogP contribution in [0.1, 0.15) is 87.6 Å². The number of phenolic OH excluding ortho intramolecular Hbond substituents is 1. The predicted molar refractivity (Wildman–Crippen MR) is 177 cm³/mol. The Morgan fingerprint density at radius 2 is 1.58 bits per heavy atom. The number of hydrogen-bond donors (Lipinski definition) is 8. The van der Waals surface area contributed by atoms with Crippen molar-refractivity contribution in [1.82, 2.24) is 0 Å². The van der Waals surface area contributed by atoms with E-state index in [1.54, 1.807) is 19.1 Å². The first-order valence-electron chi connectivity index (χ1n) is 17.1. The van der Waals surface area contributed by atoms with Crippen molar-refractivity contribution in [2.75, 3.05) is 19.8 Å². The van der Waals surface area contributed by atoms with Crippen molar-refractivity contribution < 1.29 is 74.1 Å². The lowest BCUT2D eigenvalue weighted by Crippen LogP contribution is -2.62. The minimum absolute atomic E-state index is 0.143. The lowest BCUT2D eigenvalue weighted by Gasteiger charge is -2.43. The van der Waals surface area contributed by atoms with E-state index in [4.69, 9.17) is 23.7 Å². The van der Waals surface area contributed by atoms with Crippen LogP contribution in [0.3, 0.4) is 0 Å². The molecule has 0 radical (unpaired) electrons. The zero-order valence-corrected chi connectivity index (χ0v) is 28.5. The third kappa shape index (κ3) is 10.8. The van der Waals surface area contributed by atoms with Gasteiger partial charge < -0.3 is 64.5 Å². The second-order valence-corrected chi connectivity index (χ2v) is 12.5. The first kappa shape index (κ1) is 41.5. The fraction of sp³-hybridized carbons (Fsp3) is 0.657. The zero-order chi connectivity index (χ0) is 36.8. The fourth-order valence-electron chi connectivity index (χ4n) is 5.73. The average molecular weight is 713 g/mol. The molecule has 15 nitrogen and oxygen atoms in total. The molecule has 8 N–H and O–H groups in total. The van der Waals surface area contributed by atoms with E-state index in [0.717, 1.165) is 25.3 Å². The van der Waals surface area contributed by atoms with E-state index in [1.807, 2.05) is 0 Å². The molecule has 282 valence electrons. The molecule has 2 aliphatic rings. The number of unbranched alkanes of at least 4 members (excludes halogenated alkanes) is 8. The third-order valence-electron chi connectivity index (χ3n) is 8.66. The second-order valence-electron chi connectivity index (χ2n) is 12.5. The number of aliphatic hydroxyl groups excluding tert-OH is 7. The summed E-state index contributed by atoms with van der Waals surface area (Å²) in [6, 6.07) is 2.32. The number of esters is 2. The van der Waals surface area contributed by atoms with Gasteiger partial charge in [-0.15, -0.1) is 0 Å². The summed E-state index contributed by atoms with van der Waals surface area (Å²) in [6.45, 7) is 1.34. The van der Waals surface area contributed by atoms with Crippen LogP contribution in [0.15, 0.2) is 30.4 Å². The summed E-state index contributed by atoms with van der Waals surface area (Å²) < 4.78 is 26.9. The monoisotopic (exact) mass is 712 g/mol. The van der Waals surface area contributed by atoms with Gasteiger partial charge in [-0.3, -0.25) is 0 Å². The van der Waals surface area contributed by atoms with Crippen LogP contribution in [0.2, 0.25) is 0 Å². The molecule has 2 aliphatic heterocycles. The van der Waals surface area contributed by atoms with Gasteiger partial charge in [0, 0.05) is 6.08 Å². The maximum Gasteiger partial charge on any atom is 0.338 e. The summed E-state index contributed by atoms with van der Waals surface area (Å²) in [4.78, 5) is 25.5. The Labute approximate surface area is 291 Å². The molecule has 2 fully saturated rings. The Morgan fingerprint density at radius 3 is 2.20 bits per heavy atom. The standard InChI is InChI=1S/C35H52O15/c1-3-5-6-7-8-9-10-11-12-13-15-27(39)47-24-16-21(14-4-2)22(17-23(24)38)33(45)46-19-26-28(40)30(42)31(43)34(48-26)50-35(20-37)32(44)29(41)25(18-36)49-35/h4,13-17,25-26,28-32,34,36-38,40-44H,3,5-12,18-20H2,1-2H3/b14-4+,15-13+/t25-,26-,28-,29-,30+,31-,32+,34-,35+/m1/s1. The first-order valence-corrected chi connectivity index (χ1v) is 17.1. The summed E-state index contributed by atoms with van der Waals surface area (Å²) in [5.74, 6) is -4.80. The van der Waals surface area contributed by atoms with Gasteiger partial charge in [-0.05, 0) is 37.5 Å². The lowest BCUT2D eigenvalue weighted by molar-refractivity contribution is -0.383. The number of carbonyl (C=O) groups is 2. The van der Waals surface area contributed by atoms with Gasteiger partial charge in [-0.2, -0.15) is 0 Å². The normalized spacial score (nSPS) is 29.9. The van der Waals surface area contributed by atoms with E-state index in [1.165, 1.54) is 50.3 Å². The summed E-state index contributed by atoms with van der Waals surface area (Å²) >= 11 is 0. The molecule has 0 amide bonds. The molecule has 15 heteroatoms. The smallest absolute Gasteiger partial charge is 0.338 e. The highest BCUT2D eigenvalue weighted by atomic mass is 16.8. The van der Waals surface area contributed by atoms with Crippen LogP contribution in [0, 0.1) is 0 Å². The summed E-state index contributed by atoms with van der Waals surface area (Å²) in [5.41, 5.74) is 0.0760. The Bertz CT molecular complexity index is 1280. The molecule has 0 spiro atoms. The topological polar surface area (TPSA) is 242 Å². The zero-order valence-electron chi connectivity index (χ0n) is 28.5. The first-order chi connectivity index (χ1) is 23.9. The number of phenols is 1. The molecule has 9 atom stereocenters. The quantitative estimate of drug-likeness (QED) is 0.0435. The van der Waals surface area contributed by atoms with Crippen LogP contribution in [-0.2, 0) is 23.7 Å². The maximum absolute atomic E-state index is 13.1. The van der Waals surface area contributed by atoms with Gasteiger partial charge in [0.05, 0.1) is 12.2 Å². The van der Waals surface area contributed by atoms with E-state index in [0.29, 0.717) is 6.42 Å². The van der Waals surface area contributed by atoms with Crippen LogP contribution in [0.4, 0.5) is 0 Å². The minimum Gasteiger partial charge on any atom is -0.504 e. The number of ether oxygens (including phenoxy) is 5. The van der Waals surface area contributed by atoms with Crippen molar-refractivity contribution in [1.29, 1.82) is 0 Å². The SMILES string of the molecule is C/C=C/c1cc(OC(=O)/C=C/CCCCCCCCCC)c(O)cc1C(=O)OC[C@H]1O[C@H](O[C@]2(CO)O[C@H](CO)[C@@H](O)[C@@H]2O)[C@H](O)[C@@H](O)[C@@H]1O. The van der Waals surface area contributed by atoms with Crippen LogP contribution in [-0.4, -0.2) is 127 Å². The number of allylic oxidation sites excluding steroid dienone is 2. The maximum atomic E-state index is 13.1. The van der Waals surface area contributed by atoms with Crippen molar-refractivity contribution in [3.8, 4) is 11.5 Å². The van der Waals surface area contributed by atoms with Gasteiger partial charge >= 0.3 is 11.9 Å². The average Bonchev–Trinajstić information content (AvgIpc) is 3.34. The molecule has 50 heavy (non-hydrogen) atoms.